The van der Waals surface area contributed by atoms with Crippen molar-refractivity contribution in [3.05, 3.63) is 34.7 Å². The van der Waals surface area contributed by atoms with Crippen molar-refractivity contribution in [2.45, 2.75) is 26.3 Å². The van der Waals surface area contributed by atoms with Gasteiger partial charge in [-0.1, -0.05) is 4.49 Å². The maximum Gasteiger partial charge on any atom is 0.309 e. The van der Waals surface area contributed by atoms with Crippen LogP contribution in [0.2, 0.25) is 0 Å². The van der Waals surface area contributed by atoms with Crippen LogP contribution in [0.15, 0.2) is 22.8 Å². The lowest BCUT2D eigenvalue weighted by molar-refractivity contribution is -0.139. The normalized spacial score (nSPS) is 14.8. The molecule has 3 heterocycles. The summed E-state index contributed by atoms with van der Waals surface area (Å²) in [5.41, 5.74) is 0.653. The number of nitrogens with zero attached hydrogens (tertiary/aromatic N) is 3. The highest BCUT2D eigenvalue weighted by Crippen LogP contribution is 2.20. The fraction of sp³-hybridized carbons (Fsp3) is 0.471. The zero-order valence-corrected chi connectivity index (χ0v) is 15.8. The van der Waals surface area contributed by atoms with E-state index in [9.17, 15) is 14.4 Å². The van der Waals surface area contributed by atoms with Crippen molar-refractivity contribution < 1.29 is 18.8 Å². The second-order valence-electron chi connectivity index (χ2n) is 6.40. The van der Waals surface area contributed by atoms with Gasteiger partial charge in [0.2, 0.25) is 0 Å². The summed E-state index contributed by atoms with van der Waals surface area (Å²) >= 11 is 1.11. The molecule has 1 saturated heterocycles. The average molecular weight is 391 g/mol. The van der Waals surface area contributed by atoms with Gasteiger partial charge in [0, 0.05) is 19.6 Å². The predicted octanol–water partition coefficient (Wildman–Crippen LogP) is 0.724. The number of aryl methyl sites for hydroxylation is 1. The minimum atomic E-state index is -0.688. The first-order chi connectivity index (χ1) is 13.0. The number of furan rings is 1. The van der Waals surface area contributed by atoms with E-state index >= 15 is 0 Å². The van der Waals surface area contributed by atoms with Crippen molar-refractivity contribution >= 4 is 29.3 Å². The van der Waals surface area contributed by atoms with Crippen LogP contribution in [-0.4, -0.2) is 51.8 Å². The highest BCUT2D eigenvalue weighted by molar-refractivity contribution is 7.07. The van der Waals surface area contributed by atoms with Crippen LogP contribution in [0.25, 0.3) is 0 Å². The fourth-order valence-electron chi connectivity index (χ4n) is 2.89. The van der Waals surface area contributed by atoms with Gasteiger partial charge in [-0.2, -0.15) is 0 Å². The van der Waals surface area contributed by atoms with Gasteiger partial charge in [0.15, 0.2) is 0 Å². The molecule has 3 amide bonds. The summed E-state index contributed by atoms with van der Waals surface area (Å²) in [6.45, 7) is 3.58. The Kier molecular flexibility index (Phi) is 6.17. The van der Waals surface area contributed by atoms with Crippen LogP contribution >= 0.6 is 11.5 Å². The number of rotatable bonds is 5. The molecule has 0 bridgehead atoms. The Bertz CT molecular complexity index is 796. The lowest BCUT2D eigenvalue weighted by Gasteiger charge is -2.31. The smallest absolute Gasteiger partial charge is 0.309 e. The monoisotopic (exact) mass is 391 g/mol. The molecule has 10 heteroatoms. The molecular formula is C17H21N5O4S. The van der Waals surface area contributed by atoms with Crippen LogP contribution in [0.1, 0.15) is 34.0 Å². The van der Waals surface area contributed by atoms with Crippen molar-refractivity contribution in [2.24, 2.45) is 5.92 Å². The zero-order chi connectivity index (χ0) is 19.2. The van der Waals surface area contributed by atoms with Crippen LogP contribution in [0, 0.1) is 12.8 Å². The molecule has 0 unspecified atom stereocenters. The van der Waals surface area contributed by atoms with Crippen molar-refractivity contribution in [1.82, 2.24) is 25.1 Å². The highest BCUT2D eigenvalue weighted by Gasteiger charge is 2.26. The first-order valence-corrected chi connectivity index (χ1v) is 9.48. The van der Waals surface area contributed by atoms with Gasteiger partial charge in [-0.3, -0.25) is 14.4 Å². The van der Waals surface area contributed by atoms with E-state index in [2.05, 4.69) is 20.2 Å². The average Bonchev–Trinajstić information content (AvgIpc) is 3.35. The lowest BCUT2D eigenvalue weighted by Crippen LogP contribution is -2.44. The number of carbonyl (C=O) groups excluding carboxylic acids is 3. The number of likely N-dealkylation sites (tertiary alicyclic amines) is 1. The first-order valence-electron chi connectivity index (χ1n) is 8.71. The predicted molar refractivity (Wildman–Crippen MR) is 96.8 cm³/mol. The molecule has 144 valence electrons. The Morgan fingerprint density at radius 3 is 2.63 bits per heavy atom. The van der Waals surface area contributed by atoms with E-state index in [0.29, 0.717) is 36.0 Å². The molecule has 1 aliphatic heterocycles. The molecule has 2 aromatic rings. The van der Waals surface area contributed by atoms with E-state index in [-0.39, 0.29) is 18.4 Å². The second kappa shape index (κ2) is 8.76. The van der Waals surface area contributed by atoms with Gasteiger partial charge in [-0.25, -0.2) is 0 Å². The van der Waals surface area contributed by atoms with Gasteiger partial charge in [0.25, 0.3) is 5.91 Å². The topological polar surface area (TPSA) is 117 Å². The van der Waals surface area contributed by atoms with Crippen LogP contribution in [0.5, 0.6) is 0 Å². The maximum atomic E-state index is 12.4. The molecule has 27 heavy (non-hydrogen) atoms. The van der Waals surface area contributed by atoms with Gasteiger partial charge >= 0.3 is 11.8 Å². The Hall–Kier alpha value is -2.75. The van der Waals surface area contributed by atoms with E-state index in [4.69, 9.17) is 4.42 Å². The molecule has 0 saturated carbocycles. The molecule has 1 fully saturated rings. The molecule has 0 aromatic carbocycles. The highest BCUT2D eigenvalue weighted by atomic mass is 32.1. The number of aromatic nitrogens is 2. The van der Waals surface area contributed by atoms with E-state index in [0.717, 1.165) is 24.4 Å². The summed E-state index contributed by atoms with van der Waals surface area (Å²) < 4.78 is 8.90. The Morgan fingerprint density at radius 2 is 2.00 bits per heavy atom. The minimum Gasteiger partial charge on any atom is -0.467 e. The number of amides is 3. The summed E-state index contributed by atoms with van der Waals surface area (Å²) in [6.07, 6.45) is 3.04. The van der Waals surface area contributed by atoms with Crippen LogP contribution in [-0.2, 0) is 16.1 Å². The van der Waals surface area contributed by atoms with E-state index in [1.165, 1.54) is 6.26 Å². The first kappa shape index (κ1) is 19.0. The number of hydrogen-bond acceptors (Lipinski definition) is 7. The largest absolute Gasteiger partial charge is 0.467 e. The lowest BCUT2D eigenvalue weighted by atomic mass is 9.96. The van der Waals surface area contributed by atoms with Gasteiger partial charge in [-0.15, -0.1) is 5.10 Å². The van der Waals surface area contributed by atoms with Crippen molar-refractivity contribution in [3.63, 3.8) is 0 Å². The Morgan fingerprint density at radius 1 is 1.26 bits per heavy atom. The van der Waals surface area contributed by atoms with Gasteiger partial charge in [0.05, 0.1) is 18.5 Å². The number of piperidine rings is 1. The van der Waals surface area contributed by atoms with Crippen LogP contribution in [0.3, 0.4) is 0 Å². The quantitative estimate of drug-likeness (QED) is 0.726. The second-order valence-corrected chi connectivity index (χ2v) is 7.15. The van der Waals surface area contributed by atoms with Crippen molar-refractivity contribution in [3.8, 4) is 0 Å². The van der Waals surface area contributed by atoms with Gasteiger partial charge in [-0.05, 0) is 49.3 Å². The third-order valence-corrected chi connectivity index (χ3v) is 5.32. The summed E-state index contributed by atoms with van der Waals surface area (Å²) in [6, 6.07) is 3.43. The third-order valence-electron chi connectivity index (χ3n) is 4.51. The van der Waals surface area contributed by atoms with E-state index < -0.39 is 11.8 Å². The number of carbonyl (C=O) groups is 3. The zero-order valence-electron chi connectivity index (χ0n) is 14.9. The van der Waals surface area contributed by atoms with Crippen molar-refractivity contribution in [2.75, 3.05) is 19.6 Å². The van der Waals surface area contributed by atoms with Gasteiger partial charge < -0.3 is 20.0 Å². The molecule has 9 nitrogen and oxygen atoms in total. The molecule has 0 spiro atoms. The molecule has 0 radical (unpaired) electrons. The van der Waals surface area contributed by atoms with Crippen molar-refractivity contribution in [1.29, 1.82) is 0 Å². The molecule has 3 rings (SSSR count). The summed E-state index contributed by atoms with van der Waals surface area (Å²) in [5, 5.41) is 9.04. The Labute approximate surface area is 160 Å². The maximum absolute atomic E-state index is 12.4. The van der Waals surface area contributed by atoms with E-state index in [1.54, 1.807) is 24.0 Å². The molecule has 0 aliphatic carbocycles. The number of nitrogens with one attached hydrogen (secondary N) is 2. The summed E-state index contributed by atoms with van der Waals surface area (Å²) in [4.78, 5) is 38.5. The van der Waals surface area contributed by atoms with Gasteiger partial charge in [0.1, 0.15) is 10.6 Å². The molecular weight excluding hydrogens is 370 g/mol. The third kappa shape index (κ3) is 4.91. The standard InChI is InChI=1S/C17H21N5O4S/c1-11-14(27-21-20-11)17(25)22-6-4-12(5-7-22)9-18-15(23)16(24)19-10-13-3-2-8-26-13/h2-3,8,12H,4-7,9-10H2,1H3,(H,18,23)(H,19,24). The summed E-state index contributed by atoms with van der Waals surface area (Å²) in [7, 11) is 0. The van der Waals surface area contributed by atoms with Crippen LogP contribution < -0.4 is 10.6 Å². The molecule has 2 N–H and O–H groups in total. The fourth-order valence-corrected chi connectivity index (χ4v) is 3.51. The summed E-state index contributed by atoms with van der Waals surface area (Å²) in [5.74, 6) is -0.572. The Balaban J connectivity index is 1.37. The van der Waals surface area contributed by atoms with Crippen LogP contribution in [0.4, 0.5) is 0 Å². The number of hydrogen-bond donors (Lipinski definition) is 2. The minimum absolute atomic E-state index is 0.0395. The SMILES string of the molecule is Cc1nnsc1C(=O)N1CCC(CNC(=O)C(=O)NCc2ccco2)CC1. The van der Waals surface area contributed by atoms with E-state index in [1.807, 2.05) is 0 Å². The molecule has 2 aromatic heterocycles. The molecule has 0 atom stereocenters. The molecule has 1 aliphatic rings.